The fourth-order valence-corrected chi connectivity index (χ4v) is 1.15. The Morgan fingerprint density at radius 1 is 1.46 bits per heavy atom. The van der Waals surface area contributed by atoms with Crippen LogP contribution in [0.1, 0.15) is 6.42 Å². The number of amides is 1. The lowest BCUT2D eigenvalue weighted by molar-refractivity contribution is -0.142. The summed E-state index contributed by atoms with van der Waals surface area (Å²) in [4.78, 5) is 31.2. The molecule has 1 rings (SSSR count). The third-order valence-electron chi connectivity index (χ3n) is 1.75. The molecule has 13 heavy (non-hydrogen) atoms. The van der Waals surface area contributed by atoms with Crippen LogP contribution in [0.2, 0.25) is 0 Å². The van der Waals surface area contributed by atoms with E-state index in [4.69, 9.17) is 10.2 Å². The van der Waals surface area contributed by atoms with Gasteiger partial charge in [0.2, 0.25) is 0 Å². The van der Waals surface area contributed by atoms with Crippen molar-refractivity contribution in [2.75, 3.05) is 0 Å². The molecule has 7 heteroatoms. The van der Waals surface area contributed by atoms with Crippen molar-refractivity contribution < 1.29 is 24.6 Å². The zero-order valence-corrected chi connectivity index (χ0v) is 6.51. The Kier molecular flexibility index (Phi) is 2.47. The fraction of sp³-hybridized carbons (Fsp3) is 0.500. The van der Waals surface area contributed by atoms with Gasteiger partial charge in [0.05, 0.1) is 6.04 Å². The lowest BCUT2D eigenvalue weighted by atomic mass is 10.1. The maximum atomic E-state index is 10.5. The van der Waals surface area contributed by atoms with Crippen LogP contribution in [0.25, 0.3) is 0 Å². The first-order chi connectivity index (χ1) is 6.06. The van der Waals surface area contributed by atoms with Gasteiger partial charge < -0.3 is 15.0 Å². The Hall–Kier alpha value is -1.63. The molecule has 2 unspecified atom stereocenters. The number of rotatable bonds is 2. The molecule has 0 radical (unpaired) electrons. The molecule has 1 saturated heterocycles. The highest BCUT2D eigenvalue weighted by atomic mass is 16.4. The molecule has 1 fully saturated rings. The molecular weight excluding hydrogens is 180 g/mol. The van der Waals surface area contributed by atoms with E-state index in [2.05, 4.69) is 5.43 Å². The number of nitrogens with one attached hydrogen (secondary N) is 1. The highest BCUT2D eigenvalue weighted by Gasteiger charge is 2.39. The normalized spacial score (nSPS) is 27.2. The number of hydrogen-bond acceptors (Lipinski definition) is 4. The van der Waals surface area contributed by atoms with Crippen molar-refractivity contribution in [3.05, 3.63) is 0 Å². The van der Waals surface area contributed by atoms with Crippen LogP contribution in [-0.2, 0) is 9.59 Å². The van der Waals surface area contributed by atoms with Crippen LogP contribution >= 0.6 is 0 Å². The van der Waals surface area contributed by atoms with Gasteiger partial charge in [-0.25, -0.2) is 20.0 Å². The van der Waals surface area contributed by atoms with Crippen molar-refractivity contribution in [2.24, 2.45) is 0 Å². The predicted octanol–water partition coefficient (Wildman–Crippen LogP) is -1.10. The second-order valence-electron chi connectivity index (χ2n) is 2.61. The van der Waals surface area contributed by atoms with Crippen molar-refractivity contribution in [3.8, 4) is 0 Å². The van der Waals surface area contributed by atoms with Gasteiger partial charge in [0.25, 0.3) is 0 Å². The molecule has 1 aliphatic rings. The van der Waals surface area contributed by atoms with Crippen LogP contribution in [0.15, 0.2) is 0 Å². The Morgan fingerprint density at radius 2 is 2.08 bits per heavy atom. The first-order valence-electron chi connectivity index (χ1n) is 3.52. The SMILES string of the molecule is O=CC1CC(C(=O)O)N(C(=O)O)N1. The summed E-state index contributed by atoms with van der Waals surface area (Å²) >= 11 is 0. The van der Waals surface area contributed by atoms with E-state index in [0.29, 0.717) is 11.3 Å². The quantitative estimate of drug-likeness (QED) is 0.474. The minimum absolute atomic E-state index is 0.0366. The molecule has 3 N–H and O–H groups in total. The van der Waals surface area contributed by atoms with Crippen LogP contribution in [-0.4, -0.2) is 45.7 Å². The molecule has 1 heterocycles. The Morgan fingerprint density at radius 3 is 2.38 bits per heavy atom. The summed E-state index contributed by atoms with van der Waals surface area (Å²) in [6, 6.07) is -1.93. The molecule has 7 nitrogen and oxygen atoms in total. The molecule has 0 saturated carbocycles. The molecular formula is C6H8N2O5. The second-order valence-corrected chi connectivity index (χ2v) is 2.61. The highest BCUT2D eigenvalue weighted by molar-refractivity contribution is 5.81. The van der Waals surface area contributed by atoms with Crippen molar-refractivity contribution in [2.45, 2.75) is 18.5 Å². The monoisotopic (exact) mass is 188 g/mol. The molecule has 1 aliphatic heterocycles. The summed E-state index contributed by atoms with van der Waals surface area (Å²) in [5.74, 6) is -1.26. The lowest BCUT2D eigenvalue weighted by Gasteiger charge is -2.16. The van der Waals surface area contributed by atoms with Gasteiger partial charge in [-0.2, -0.15) is 0 Å². The van der Waals surface area contributed by atoms with Crippen LogP contribution in [0.4, 0.5) is 4.79 Å². The van der Waals surface area contributed by atoms with Crippen molar-refractivity contribution in [1.29, 1.82) is 0 Å². The number of aldehydes is 1. The first-order valence-corrected chi connectivity index (χ1v) is 3.52. The van der Waals surface area contributed by atoms with Crippen LogP contribution in [0.3, 0.4) is 0 Å². The first kappa shape index (κ1) is 9.46. The van der Waals surface area contributed by atoms with E-state index in [1.54, 1.807) is 0 Å². The van der Waals surface area contributed by atoms with Crippen molar-refractivity contribution in [3.63, 3.8) is 0 Å². The maximum Gasteiger partial charge on any atom is 0.422 e. The number of nitrogens with zero attached hydrogens (tertiary/aromatic N) is 1. The van der Waals surface area contributed by atoms with Gasteiger partial charge in [-0.15, -0.1) is 0 Å². The number of carboxylic acids is 1. The molecule has 0 spiro atoms. The topological polar surface area (TPSA) is 107 Å². The lowest BCUT2D eigenvalue weighted by Crippen LogP contribution is -2.46. The number of carbonyl (C=O) groups is 3. The number of carbonyl (C=O) groups excluding carboxylic acids is 1. The van der Waals surface area contributed by atoms with Crippen molar-refractivity contribution >= 4 is 18.3 Å². The zero-order chi connectivity index (χ0) is 10.0. The number of carboxylic acid groups (broad SMARTS) is 2. The summed E-state index contributed by atoms with van der Waals surface area (Å²) in [6.07, 6.45) is -0.957. The van der Waals surface area contributed by atoms with Gasteiger partial charge in [0, 0.05) is 6.42 Å². The third kappa shape index (κ3) is 1.75. The average Bonchev–Trinajstić information content (AvgIpc) is 2.47. The molecule has 0 bridgehead atoms. The molecule has 0 aromatic heterocycles. The summed E-state index contributed by atoms with van der Waals surface area (Å²) in [5, 5.41) is 17.6. The van der Waals surface area contributed by atoms with E-state index in [-0.39, 0.29) is 6.42 Å². The number of aliphatic carboxylic acids is 1. The van der Waals surface area contributed by atoms with E-state index >= 15 is 0 Å². The fourth-order valence-electron chi connectivity index (χ4n) is 1.15. The molecule has 0 aromatic rings. The van der Waals surface area contributed by atoms with E-state index < -0.39 is 24.1 Å². The minimum atomic E-state index is -1.41. The van der Waals surface area contributed by atoms with Crippen LogP contribution in [0, 0.1) is 0 Å². The molecule has 72 valence electrons. The van der Waals surface area contributed by atoms with Gasteiger partial charge >= 0.3 is 12.1 Å². The number of hydrazine groups is 1. The standard InChI is InChI=1S/C6H8N2O5/c9-2-3-1-4(5(10)11)8(7-3)6(12)13/h2-4,7H,1H2,(H,10,11)(H,12,13). The molecule has 1 amide bonds. The van der Waals surface area contributed by atoms with Gasteiger partial charge in [-0.3, -0.25) is 0 Å². The average molecular weight is 188 g/mol. The molecule has 0 aromatic carbocycles. The largest absolute Gasteiger partial charge is 0.480 e. The predicted molar refractivity (Wildman–Crippen MR) is 38.9 cm³/mol. The summed E-state index contributed by atoms with van der Waals surface area (Å²) < 4.78 is 0. The maximum absolute atomic E-state index is 10.5. The molecule has 2 atom stereocenters. The van der Waals surface area contributed by atoms with Crippen molar-refractivity contribution in [1.82, 2.24) is 10.4 Å². The Labute approximate surface area is 72.9 Å². The minimum Gasteiger partial charge on any atom is -0.480 e. The van der Waals surface area contributed by atoms with E-state index in [9.17, 15) is 14.4 Å². The van der Waals surface area contributed by atoms with Gasteiger partial charge in [-0.05, 0) is 0 Å². The smallest absolute Gasteiger partial charge is 0.422 e. The van der Waals surface area contributed by atoms with E-state index in [1.165, 1.54) is 0 Å². The van der Waals surface area contributed by atoms with Gasteiger partial charge in [-0.1, -0.05) is 0 Å². The highest BCUT2D eigenvalue weighted by Crippen LogP contribution is 2.13. The number of hydrogen-bond donors (Lipinski definition) is 3. The zero-order valence-electron chi connectivity index (χ0n) is 6.51. The third-order valence-corrected chi connectivity index (χ3v) is 1.75. The van der Waals surface area contributed by atoms with E-state index in [1.807, 2.05) is 0 Å². The van der Waals surface area contributed by atoms with Gasteiger partial charge in [0.15, 0.2) is 6.04 Å². The summed E-state index contributed by atoms with van der Waals surface area (Å²) in [5.41, 5.74) is 2.26. The summed E-state index contributed by atoms with van der Waals surface area (Å²) in [7, 11) is 0. The van der Waals surface area contributed by atoms with Gasteiger partial charge in [0.1, 0.15) is 6.29 Å². The Balaban J connectivity index is 2.76. The van der Waals surface area contributed by atoms with Crippen LogP contribution < -0.4 is 5.43 Å². The molecule has 0 aliphatic carbocycles. The second kappa shape index (κ2) is 3.40. The summed E-state index contributed by atoms with van der Waals surface area (Å²) in [6.45, 7) is 0. The van der Waals surface area contributed by atoms with E-state index in [0.717, 1.165) is 0 Å². The van der Waals surface area contributed by atoms with Crippen LogP contribution in [0.5, 0.6) is 0 Å². The Bertz CT molecular complexity index is 231.